The number of ether oxygens (including phenoxy) is 2. The molecule has 0 radical (unpaired) electrons. The average Bonchev–Trinajstić information content (AvgIpc) is 2.86. The first-order valence-corrected chi connectivity index (χ1v) is 11.2. The molecule has 1 aliphatic heterocycles. The van der Waals surface area contributed by atoms with E-state index in [1.807, 2.05) is 42.5 Å². The van der Waals surface area contributed by atoms with Crippen LogP contribution in [0.2, 0.25) is 0 Å². The Kier molecular flexibility index (Phi) is 5.48. The second-order valence-corrected chi connectivity index (χ2v) is 8.40. The fourth-order valence-electron chi connectivity index (χ4n) is 4.78. The quantitative estimate of drug-likeness (QED) is 0.409. The van der Waals surface area contributed by atoms with Gasteiger partial charge in [-0.25, -0.2) is 0 Å². The van der Waals surface area contributed by atoms with Gasteiger partial charge in [0.1, 0.15) is 11.5 Å². The van der Waals surface area contributed by atoms with Crippen molar-refractivity contribution in [1.29, 1.82) is 0 Å². The number of rotatable bonds is 5. The van der Waals surface area contributed by atoms with E-state index in [0.717, 1.165) is 57.6 Å². The van der Waals surface area contributed by atoms with Crippen molar-refractivity contribution >= 4 is 27.5 Å². The first-order chi connectivity index (χ1) is 15.7. The van der Waals surface area contributed by atoms with Crippen molar-refractivity contribution in [2.24, 2.45) is 0 Å². The van der Waals surface area contributed by atoms with E-state index >= 15 is 0 Å². The molecule has 0 aliphatic carbocycles. The molecule has 1 saturated heterocycles. The lowest BCUT2D eigenvalue weighted by atomic mass is 10.1. The summed E-state index contributed by atoms with van der Waals surface area (Å²) in [7, 11) is 3.32. The Morgan fingerprint density at radius 3 is 2.19 bits per heavy atom. The molecule has 164 valence electrons. The normalized spacial score (nSPS) is 14.1. The van der Waals surface area contributed by atoms with Crippen LogP contribution in [-0.2, 0) is 6.54 Å². The van der Waals surface area contributed by atoms with Crippen LogP contribution >= 0.6 is 0 Å². The van der Waals surface area contributed by atoms with Gasteiger partial charge in [-0.1, -0.05) is 12.1 Å². The van der Waals surface area contributed by atoms with Gasteiger partial charge in [0.25, 0.3) is 0 Å². The van der Waals surface area contributed by atoms with E-state index in [9.17, 15) is 4.79 Å². The van der Waals surface area contributed by atoms with Crippen LogP contribution in [0.15, 0.2) is 65.5 Å². The summed E-state index contributed by atoms with van der Waals surface area (Å²) in [5, 5.41) is 1.51. The van der Waals surface area contributed by atoms with Crippen molar-refractivity contribution in [1.82, 2.24) is 4.57 Å². The van der Waals surface area contributed by atoms with E-state index in [-0.39, 0.29) is 5.43 Å². The smallest absolute Gasteiger partial charge is 0.197 e. The van der Waals surface area contributed by atoms with E-state index in [1.165, 1.54) is 19.3 Å². The highest BCUT2D eigenvalue weighted by Gasteiger charge is 2.16. The second-order valence-electron chi connectivity index (χ2n) is 8.40. The number of methoxy groups -OCH3 is 2. The molecule has 0 amide bonds. The first kappa shape index (κ1) is 20.4. The summed E-state index contributed by atoms with van der Waals surface area (Å²) >= 11 is 0. The maximum atomic E-state index is 13.5. The van der Waals surface area contributed by atoms with Crippen LogP contribution in [0.4, 0.5) is 5.69 Å². The van der Waals surface area contributed by atoms with E-state index in [2.05, 4.69) is 27.7 Å². The summed E-state index contributed by atoms with van der Waals surface area (Å²) in [5.41, 5.74) is 4.15. The minimum Gasteiger partial charge on any atom is -0.497 e. The van der Waals surface area contributed by atoms with Gasteiger partial charge in [0.05, 0.1) is 25.3 Å². The summed E-state index contributed by atoms with van der Waals surface area (Å²) in [4.78, 5) is 15.9. The van der Waals surface area contributed by atoms with Crippen molar-refractivity contribution in [2.45, 2.75) is 25.8 Å². The molecule has 0 spiro atoms. The lowest BCUT2D eigenvalue weighted by Gasteiger charge is -2.29. The van der Waals surface area contributed by atoms with Crippen molar-refractivity contribution in [3.05, 3.63) is 76.5 Å². The monoisotopic (exact) mass is 428 g/mol. The molecule has 32 heavy (non-hydrogen) atoms. The summed E-state index contributed by atoms with van der Waals surface area (Å²) in [6.45, 7) is 2.71. The Balaban J connectivity index is 1.70. The summed E-state index contributed by atoms with van der Waals surface area (Å²) in [6, 6.07) is 20.1. The van der Waals surface area contributed by atoms with Crippen molar-refractivity contribution in [3.63, 3.8) is 0 Å². The molecule has 0 saturated carbocycles. The van der Waals surface area contributed by atoms with E-state index in [4.69, 9.17) is 9.47 Å². The molecule has 0 bridgehead atoms. The van der Waals surface area contributed by atoms with Crippen LogP contribution in [0.5, 0.6) is 11.5 Å². The van der Waals surface area contributed by atoms with Crippen molar-refractivity contribution in [2.75, 3.05) is 32.2 Å². The summed E-state index contributed by atoms with van der Waals surface area (Å²) in [5.74, 6) is 1.50. The molecule has 1 fully saturated rings. The number of anilines is 1. The van der Waals surface area contributed by atoms with Gasteiger partial charge >= 0.3 is 0 Å². The number of para-hydroxylation sites is 1. The molecular formula is C27H28N2O3. The van der Waals surface area contributed by atoms with Crippen molar-refractivity contribution in [3.8, 4) is 11.5 Å². The molecule has 5 rings (SSSR count). The molecule has 4 aromatic rings. The zero-order valence-electron chi connectivity index (χ0n) is 18.6. The minimum absolute atomic E-state index is 0.0916. The third-order valence-electron chi connectivity index (χ3n) is 6.43. The Labute approximate surface area is 187 Å². The molecule has 0 unspecified atom stereocenters. The lowest BCUT2D eigenvalue weighted by Crippen LogP contribution is -2.29. The zero-order valence-corrected chi connectivity index (χ0v) is 18.6. The maximum absolute atomic E-state index is 13.5. The number of pyridine rings is 1. The largest absolute Gasteiger partial charge is 0.497 e. The van der Waals surface area contributed by atoms with E-state index in [1.54, 1.807) is 14.2 Å². The van der Waals surface area contributed by atoms with Gasteiger partial charge in [-0.3, -0.25) is 4.79 Å². The molecule has 0 N–H and O–H groups in total. The first-order valence-electron chi connectivity index (χ1n) is 11.2. The highest BCUT2D eigenvalue weighted by Crippen LogP contribution is 2.28. The summed E-state index contributed by atoms with van der Waals surface area (Å²) in [6.07, 6.45) is 3.70. The topological polar surface area (TPSA) is 43.7 Å². The number of piperidine rings is 1. The number of hydrogen-bond acceptors (Lipinski definition) is 4. The SMILES string of the molecule is COc1cc(Cn2c3ccccc3c(=O)c3cc(N4CCCCC4)ccc32)cc(OC)c1. The van der Waals surface area contributed by atoms with E-state index in [0.29, 0.717) is 6.54 Å². The Hall–Kier alpha value is -3.47. The van der Waals surface area contributed by atoms with E-state index < -0.39 is 0 Å². The molecule has 1 aromatic heterocycles. The van der Waals surface area contributed by atoms with Gasteiger partial charge in [-0.05, 0) is 67.3 Å². The van der Waals surface area contributed by atoms with Crippen LogP contribution in [0.1, 0.15) is 24.8 Å². The van der Waals surface area contributed by atoms with Crippen LogP contribution in [-0.4, -0.2) is 31.9 Å². The van der Waals surface area contributed by atoms with Crippen LogP contribution in [0.25, 0.3) is 21.8 Å². The Morgan fingerprint density at radius 1 is 0.781 bits per heavy atom. The molecular weight excluding hydrogens is 400 g/mol. The Bertz CT molecular complexity index is 1310. The number of aromatic nitrogens is 1. The number of benzene rings is 3. The number of fused-ring (bicyclic) bond motifs is 2. The lowest BCUT2D eigenvalue weighted by molar-refractivity contribution is 0.393. The highest BCUT2D eigenvalue weighted by atomic mass is 16.5. The molecule has 2 heterocycles. The van der Waals surface area contributed by atoms with Gasteiger partial charge in [0.2, 0.25) is 0 Å². The minimum atomic E-state index is 0.0916. The van der Waals surface area contributed by atoms with Crippen LogP contribution < -0.4 is 19.8 Å². The molecule has 3 aromatic carbocycles. The van der Waals surface area contributed by atoms with Gasteiger partial charge in [-0.15, -0.1) is 0 Å². The standard InChI is InChI=1S/C27H28N2O3/c1-31-21-14-19(15-22(17-21)32-2)18-29-25-9-5-4-8-23(25)27(30)24-16-20(10-11-26(24)29)28-12-6-3-7-13-28/h4-5,8-11,14-17H,3,6-7,12-13,18H2,1-2H3. The van der Waals surface area contributed by atoms with Crippen LogP contribution in [0, 0.1) is 0 Å². The molecule has 5 heteroatoms. The van der Waals surface area contributed by atoms with Gasteiger partial charge in [0.15, 0.2) is 5.43 Å². The zero-order chi connectivity index (χ0) is 22.1. The third-order valence-corrected chi connectivity index (χ3v) is 6.43. The van der Waals surface area contributed by atoms with Crippen LogP contribution in [0.3, 0.4) is 0 Å². The van der Waals surface area contributed by atoms with Gasteiger partial charge in [-0.2, -0.15) is 0 Å². The predicted molar refractivity (Wildman–Crippen MR) is 130 cm³/mol. The van der Waals surface area contributed by atoms with Gasteiger partial charge < -0.3 is 18.9 Å². The molecule has 1 aliphatic rings. The fraction of sp³-hybridized carbons (Fsp3) is 0.296. The molecule has 5 nitrogen and oxygen atoms in total. The van der Waals surface area contributed by atoms with Crippen molar-refractivity contribution < 1.29 is 9.47 Å². The third kappa shape index (κ3) is 3.68. The summed E-state index contributed by atoms with van der Waals surface area (Å²) < 4.78 is 13.2. The molecule has 0 atom stereocenters. The maximum Gasteiger partial charge on any atom is 0.197 e. The predicted octanol–water partition coefficient (Wildman–Crippen LogP) is 5.21. The second kappa shape index (κ2) is 8.58. The Morgan fingerprint density at radius 2 is 1.47 bits per heavy atom. The highest BCUT2D eigenvalue weighted by molar-refractivity contribution is 5.95. The number of hydrogen-bond donors (Lipinski definition) is 0. The fourth-order valence-corrected chi connectivity index (χ4v) is 4.78. The number of nitrogens with zero attached hydrogens (tertiary/aromatic N) is 2. The average molecular weight is 429 g/mol. The van der Waals surface area contributed by atoms with Gasteiger partial charge in [0, 0.05) is 42.2 Å².